The Hall–Kier alpha value is -2.76. The first kappa shape index (κ1) is 14.2. The summed E-state index contributed by atoms with van der Waals surface area (Å²) in [6.07, 6.45) is 3.28. The molecule has 0 saturated carbocycles. The minimum Gasteiger partial charge on any atom is -0.347 e. The predicted molar refractivity (Wildman–Crippen MR) is 88.7 cm³/mol. The first-order chi connectivity index (χ1) is 10.5. The van der Waals surface area contributed by atoms with Gasteiger partial charge in [0.25, 0.3) is 0 Å². The van der Waals surface area contributed by atoms with E-state index in [4.69, 9.17) is 0 Å². The van der Waals surface area contributed by atoms with Gasteiger partial charge in [0.2, 0.25) is 5.95 Å². The van der Waals surface area contributed by atoms with Gasteiger partial charge in [0, 0.05) is 32.2 Å². The van der Waals surface area contributed by atoms with E-state index in [2.05, 4.69) is 57.3 Å². The van der Waals surface area contributed by atoms with E-state index in [0.29, 0.717) is 22.9 Å². The highest BCUT2D eigenvalue weighted by Crippen LogP contribution is 2.25. The molecule has 0 radical (unpaired) electrons. The van der Waals surface area contributed by atoms with Gasteiger partial charge in [-0.15, -0.1) is 0 Å². The highest BCUT2D eigenvalue weighted by Gasteiger charge is 2.12. The van der Waals surface area contributed by atoms with Crippen molar-refractivity contribution in [2.24, 2.45) is 0 Å². The lowest BCUT2D eigenvalue weighted by atomic mass is 10.1. The maximum atomic E-state index is 4.57. The maximum absolute atomic E-state index is 4.57. The Kier molecular flexibility index (Phi) is 3.58. The van der Waals surface area contributed by atoms with Crippen LogP contribution in [0, 0.1) is 13.8 Å². The van der Waals surface area contributed by atoms with Crippen molar-refractivity contribution in [3.63, 3.8) is 0 Å². The van der Waals surface area contributed by atoms with Crippen molar-refractivity contribution in [2.75, 3.05) is 24.3 Å². The van der Waals surface area contributed by atoms with Crippen LogP contribution < -0.4 is 10.2 Å². The van der Waals surface area contributed by atoms with Gasteiger partial charge in [0.15, 0.2) is 17.0 Å². The first-order valence-electron chi connectivity index (χ1n) is 7.05. The molecule has 0 aliphatic carbocycles. The zero-order valence-corrected chi connectivity index (χ0v) is 13.1. The molecule has 3 aromatic rings. The Balaban J connectivity index is 2.14. The van der Waals surface area contributed by atoms with Gasteiger partial charge in [-0.05, 0) is 31.0 Å². The third kappa shape index (κ3) is 2.67. The van der Waals surface area contributed by atoms with Crippen LogP contribution in [-0.4, -0.2) is 34.0 Å². The molecule has 6 nitrogen and oxygen atoms in total. The van der Waals surface area contributed by atoms with Crippen LogP contribution in [0.3, 0.4) is 0 Å². The molecule has 3 rings (SSSR count). The topological polar surface area (TPSA) is 66.8 Å². The quantitative estimate of drug-likeness (QED) is 0.801. The number of nitrogens with one attached hydrogen (secondary N) is 1. The lowest BCUT2D eigenvalue weighted by Crippen LogP contribution is -2.14. The number of anilines is 3. The molecule has 0 aliphatic heterocycles. The molecule has 6 heteroatoms. The Morgan fingerprint density at radius 3 is 2.55 bits per heavy atom. The Morgan fingerprint density at radius 1 is 1.00 bits per heavy atom. The molecule has 22 heavy (non-hydrogen) atoms. The van der Waals surface area contributed by atoms with Gasteiger partial charge >= 0.3 is 0 Å². The van der Waals surface area contributed by atoms with Crippen molar-refractivity contribution < 1.29 is 0 Å². The van der Waals surface area contributed by atoms with E-state index in [-0.39, 0.29) is 0 Å². The number of hydrogen-bond donors (Lipinski definition) is 1. The summed E-state index contributed by atoms with van der Waals surface area (Å²) in [4.78, 5) is 19.5. The summed E-state index contributed by atoms with van der Waals surface area (Å²) in [5, 5.41) is 3.37. The number of nitrogens with zero attached hydrogens (tertiary/aromatic N) is 5. The molecule has 0 atom stereocenters. The average Bonchev–Trinajstić information content (AvgIpc) is 2.50. The third-order valence-electron chi connectivity index (χ3n) is 3.37. The largest absolute Gasteiger partial charge is 0.347 e. The standard InChI is InChI=1S/C16H18N6/c1-10-5-6-11(2)12(9-10)19-15-13-14(18-8-7-17-13)20-16(21-15)22(3)4/h5-9H,1-4H3,(H,18,19,20,21). The van der Waals surface area contributed by atoms with Crippen LogP contribution in [-0.2, 0) is 0 Å². The van der Waals surface area contributed by atoms with Gasteiger partial charge in [0.1, 0.15) is 0 Å². The van der Waals surface area contributed by atoms with Crippen molar-refractivity contribution >= 4 is 28.6 Å². The minimum absolute atomic E-state index is 0.578. The van der Waals surface area contributed by atoms with E-state index in [1.165, 1.54) is 5.56 Å². The number of aryl methyl sites for hydroxylation is 2. The smallest absolute Gasteiger partial charge is 0.228 e. The summed E-state index contributed by atoms with van der Waals surface area (Å²) >= 11 is 0. The van der Waals surface area contributed by atoms with Crippen LogP contribution >= 0.6 is 0 Å². The van der Waals surface area contributed by atoms with Gasteiger partial charge in [-0.2, -0.15) is 9.97 Å². The van der Waals surface area contributed by atoms with E-state index in [1.54, 1.807) is 12.4 Å². The zero-order chi connectivity index (χ0) is 15.7. The summed E-state index contributed by atoms with van der Waals surface area (Å²) in [5.74, 6) is 1.26. The van der Waals surface area contributed by atoms with Crippen LogP contribution in [0.1, 0.15) is 11.1 Å². The molecule has 0 spiro atoms. The fourth-order valence-corrected chi connectivity index (χ4v) is 2.14. The van der Waals surface area contributed by atoms with Crippen LogP contribution in [0.25, 0.3) is 11.2 Å². The predicted octanol–water partition coefficient (Wildman–Crippen LogP) is 2.85. The van der Waals surface area contributed by atoms with Gasteiger partial charge in [-0.3, -0.25) is 0 Å². The second-order valence-electron chi connectivity index (χ2n) is 5.44. The fourth-order valence-electron chi connectivity index (χ4n) is 2.14. The van der Waals surface area contributed by atoms with E-state index < -0.39 is 0 Å². The van der Waals surface area contributed by atoms with Gasteiger partial charge in [-0.25, -0.2) is 9.97 Å². The SMILES string of the molecule is Cc1ccc(C)c(Nc2nc(N(C)C)nc3nccnc23)c1. The second kappa shape index (κ2) is 5.55. The Morgan fingerprint density at radius 2 is 1.77 bits per heavy atom. The number of hydrogen-bond acceptors (Lipinski definition) is 6. The van der Waals surface area contributed by atoms with E-state index in [0.717, 1.165) is 11.3 Å². The molecule has 0 fully saturated rings. The van der Waals surface area contributed by atoms with Crippen molar-refractivity contribution in [1.29, 1.82) is 0 Å². The lowest BCUT2D eigenvalue weighted by molar-refractivity contribution is 1.01. The molecule has 0 aliphatic rings. The van der Waals surface area contributed by atoms with E-state index in [9.17, 15) is 0 Å². The molecule has 0 saturated heterocycles. The van der Waals surface area contributed by atoms with Crippen molar-refractivity contribution in [3.05, 3.63) is 41.7 Å². The molecule has 0 bridgehead atoms. The number of rotatable bonds is 3. The molecular formula is C16H18N6. The molecule has 0 unspecified atom stereocenters. The van der Waals surface area contributed by atoms with Crippen LogP contribution in [0.5, 0.6) is 0 Å². The van der Waals surface area contributed by atoms with Crippen LogP contribution in [0.2, 0.25) is 0 Å². The summed E-state index contributed by atoms with van der Waals surface area (Å²) in [6.45, 7) is 4.12. The van der Waals surface area contributed by atoms with Gasteiger partial charge in [-0.1, -0.05) is 12.1 Å². The number of aromatic nitrogens is 4. The van der Waals surface area contributed by atoms with Crippen molar-refractivity contribution in [2.45, 2.75) is 13.8 Å². The summed E-state index contributed by atoms with van der Waals surface area (Å²) < 4.78 is 0. The monoisotopic (exact) mass is 294 g/mol. The number of fused-ring (bicyclic) bond motifs is 1. The average molecular weight is 294 g/mol. The normalized spacial score (nSPS) is 10.7. The Bertz CT molecular complexity index is 828. The molecular weight excluding hydrogens is 276 g/mol. The molecule has 1 N–H and O–H groups in total. The fraction of sp³-hybridized carbons (Fsp3) is 0.250. The summed E-state index contributed by atoms with van der Waals surface area (Å²) in [7, 11) is 3.80. The Labute approximate surface area is 129 Å². The van der Waals surface area contributed by atoms with Gasteiger partial charge < -0.3 is 10.2 Å². The molecule has 112 valence electrons. The highest BCUT2D eigenvalue weighted by molar-refractivity contribution is 5.86. The second-order valence-corrected chi connectivity index (χ2v) is 5.44. The number of benzene rings is 1. The maximum Gasteiger partial charge on any atom is 0.228 e. The molecule has 2 heterocycles. The van der Waals surface area contributed by atoms with Crippen molar-refractivity contribution in [1.82, 2.24) is 19.9 Å². The molecule has 1 aromatic carbocycles. The van der Waals surface area contributed by atoms with Gasteiger partial charge in [0.05, 0.1) is 0 Å². The summed E-state index contributed by atoms with van der Waals surface area (Å²) in [5.41, 5.74) is 4.58. The summed E-state index contributed by atoms with van der Waals surface area (Å²) in [6, 6.07) is 6.26. The van der Waals surface area contributed by atoms with Crippen LogP contribution in [0.4, 0.5) is 17.5 Å². The molecule has 2 aromatic heterocycles. The van der Waals surface area contributed by atoms with Crippen molar-refractivity contribution in [3.8, 4) is 0 Å². The highest BCUT2D eigenvalue weighted by atomic mass is 15.2. The first-order valence-corrected chi connectivity index (χ1v) is 7.05. The molecule has 0 amide bonds. The third-order valence-corrected chi connectivity index (χ3v) is 3.37. The van der Waals surface area contributed by atoms with E-state index in [1.807, 2.05) is 19.0 Å². The van der Waals surface area contributed by atoms with E-state index >= 15 is 0 Å². The minimum atomic E-state index is 0.578. The zero-order valence-electron chi connectivity index (χ0n) is 13.1. The lowest BCUT2D eigenvalue weighted by Gasteiger charge is -2.15. The van der Waals surface area contributed by atoms with Crippen LogP contribution in [0.15, 0.2) is 30.6 Å².